The van der Waals surface area contributed by atoms with Crippen LogP contribution in [0.4, 0.5) is 0 Å². The van der Waals surface area contributed by atoms with Gasteiger partial charge < -0.3 is 10.2 Å². The van der Waals surface area contributed by atoms with Gasteiger partial charge in [-0.05, 0) is 58.3 Å². The van der Waals surface area contributed by atoms with Crippen molar-refractivity contribution in [1.29, 1.82) is 0 Å². The van der Waals surface area contributed by atoms with Crippen LogP contribution in [0.2, 0.25) is 0 Å². The molecule has 0 heterocycles. The zero-order valence-electron chi connectivity index (χ0n) is 12.9. The summed E-state index contributed by atoms with van der Waals surface area (Å²) in [6, 6.07) is 0.873. The maximum atomic E-state index is 3.60. The van der Waals surface area contributed by atoms with E-state index in [9.17, 15) is 0 Å². The summed E-state index contributed by atoms with van der Waals surface area (Å²) >= 11 is 0. The van der Waals surface area contributed by atoms with Crippen LogP contribution >= 0.6 is 0 Å². The molecular formula is C16H34N2. The lowest BCUT2D eigenvalue weighted by Crippen LogP contribution is -2.35. The van der Waals surface area contributed by atoms with E-state index in [0.29, 0.717) is 0 Å². The van der Waals surface area contributed by atoms with E-state index in [0.717, 1.165) is 12.0 Å². The fourth-order valence-corrected chi connectivity index (χ4v) is 3.10. The molecule has 1 N–H and O–H groups in total. The lowest BCUT2D eigenvalue weighted by atomic mass is 9.94. The van der Waals surface area contributed by atoms with Crippen molar-refractivity contribution in [2.75, 3.05) is 26.7 Å². The van der Waals surface area contributed by atoms with Gasteiger partial charge in [-0.1, -0.05) is 39.5 Å². The van der Waals surface area contributed by atoms with Gasteiger partial charge in [-0.2, -0.15) is 0 Å². The Bertz CT molecular complexity index is 188. The normalized spacial score (nSPS) is 19.3. The molecule has 1 rings (SSSR count). The molecule has 0 radical (unpaired) electrons. The van der Waals surface area contributed by atoms with Crippen LogP contribution in [-0.4, -0.2) is 37.6 Å². The highest BCUT2D eigenvalue weighted by Crippen LogP contribution is 2.21. The molecule has 0 amide bonds. The molecule has 0 spiro atoms. The summed E-state index contributed by atoms with van der Waals surface area (Å²) in [4.78, 5) is 2.59. The van der Waals surface area contributed by atoms with Crippen LogP contribution in [0, 0.1) is 5.92 Å². The molecule has 1 atom stereocenters. The van der Waals surface area contributed by atoms with Gasteiger partial charge >= 0.3 is 0 Å². The van der Waals surface area contributed by atoms with Gasteiger partial charge in [-0.15, -0.1) is 0 Å². The third-order valence-electron chi connectivity index (χ3n) is 4.34. The smallest absolute Gasteiger partial charge is 0.00922 e. The molecule has 1 fully saturated rings. The summed E-state index contributed by atoms with van der Waals surface area (Å²) in [7, 11) is 2.32. The first-order valence-electron chi connectivity index (χ1n) is 8.15. The summed E-state index contributed by atoms with van der Waals surface area (Å²) in [6.45, 7) is 8.27. The number of rotatable bonds is 9. The van der Waals surface area contributed by atoms with E-state index in [-0.39, 0.29) is 0 Å². The van der Waals surface area contributed by atoms with Gasteiger partial charge in [0.2, 0.25) is 0 Å². The van der Waals surface area contributed by atoms with E-state index in [1.54, 1.807) is 0 Å². The number of hydrogen-bond donors (Lipinski definition) is 1. The second-order valence-corrected chi connectivity index (χ2v) is 6.22. The van der Waals surface area contributed by atoms with Gasteiger partial charge in [0, 0.05) is 6.04 Å². The molecule has 0 aromatic carbocycles. The Hall–Kier alpha value is -0.0800. The van der Waals surface area contributed by atoms with Gasteiger partial charge in [0.05, 0.1) is 0 Å². The Labute approximate surface area is 115 Å². The van der Waals surface area contributed by atoms with Crippen LogP contribution in [0.3, 0.4) is 0 Å². The zero-order chi connectivity index (χ0) is 13.2. The summed E-state index contributed by atoms with van der Waals surface area (Å²) in [5, 5.41) is 3.60. The monoisotopic (exact) mass is 254 g/mol. The quantitative estimate of drug-likeness (QED) is 0.632. The zero-order valence-corrected chi connectivity index (χ0v) is 12.9. The fourth-order valence-electron chi connectivity index (χ4n) is 3.10. The molecule has 1 unspecified atom stereocenters. The maximum Gasteiger partial charge on any atom is 0.00922 e. The molecule has 0 saturated heterocycles. The topological polar surface area (TPSA) is 15.3 Å². The third-order valence-corrected chi connectivity index (χ3v) is 4.34. The van der Waals surface area contributed by atoms with Crippen LogP contribution in [-0.2, 0) is 0 Å². The van der Waals surface area contributed by atoms with E-state index in [2.05, 4.69) is 31.1 Å². The van der Waals surface area contributed by atoms with E-state index in [1.807, 2.05) is 0 Å². The molecule has 0 aliphatic heterocycles. The van der Waals surface area contributed by atoms with Crippen molar-refractivity contribution in [2.45, 2.75) is 71.3 Å². The molecule has 1 aliphatic rings. The first-order valence-corrected chi connectivity index (χ1v) is 8.15. The Kier molecular flexibility index (Phi) is 8.70. The molecular weight excluding hydrogens is 220 g/mol. The largest absolute Gasteiger partial charge is 0.316 e. The fraction of sp³-hybridized carbons (Fsp3) is 1.00. The standard InChI is InChI=1S/C16H34N2/c1-4-9-15(2)14-17-12-8-13-18(3)16-10-6-5-7-11-16/h15-17H,4-14H2,1-3H3. The van der Waals surface area contributed by atoms with Gasteiger partial charge in [-0.3, -0.25) is 0 Å². The second-order valence-electron chi connectivity index (χ2n) is 6.22. The predicted octanol–water partition coefficient (Wildman–Crippen LogP) is 3.67. The number of nitrogens with one attached hydrogen (secondary N) is 1. The molecule has 1 saturated carbocycles. The summed E-state index contributed by atoms with van der Waals surface area (Å²) in [6.07, 6.45) is 11.2. The van der Waals surface area contributed by atoms with Gasteiger partial charge in [0.1, 0.15) is 0 Å². The van der Waals surface area contributed by atoms with Crippen molar-refractivity contribution in [3.05, 3.63) is 0 Å². The highest BCUT2D eigenvalue weighted by Gasteiger charge is 2.17. The molecule has 2 nitrogen and oxygen atoms in total. The molecule has 2 heteroatoms. The molecule has 108 valence electrons. The Morgan fingerprint density at radius 2 is 1.94 bits per heavy atom. The predicted molar refractivity (Wildman–Crippen MR) is 81.1 cm³/mol. The molecule has 0 bridgehead atoms. The third kappa shape index (κ3) is 6.75. The first kappa shape index (κ1) is 16.0. The molecule has 0 aromatic heterocycles. The Morgan fingerprint density at radius 1 is 1.22 bits per heavy atom. The van der Waals surface area contributed by atoms with Crippen molar-refractivity contribution in [3.63, 3.8) is 0 Å². The molecule has 1 aliphatic carbocycles. The van der Waals surface area contributed by atoms with Crippen LogP contribution in [0.5, 0.6) is 0 Å². The number of nitrogens with zero attached hydrogens (tertiary/aromatic N) is 1. The molecule has 0 aromatic rings. The van der Waals surface area contributed by atoms with E-state index in [1.165, 1.54) is 71.0 Å². The molecule has 18 heavy (non-hydrogen) atoms. The average Bonchev–Trinajstić information content (AvgIpc) is 2.39. The van der Waals surface area contributed by atoms with Gasteiger partial charge in [0.15, 0.2) is 0 Å². The first-order chi connectivity index (χ1) is 8.74. The van der Waals surface area contributed by atoms with E-state index < -0.39 is 0 Å². The summed E-state index contributed by atoms with van der Waals surface area (Å²) < 4.78 is 0. The minimum Gasteiger partial charge on any atom is -0.316 e. The minimum absolute atomic E-state index is 0.839. The van der Waals surface area contributed by atoms with Crippen LogP contribution < -0.4 is 5.32 Å². The number of hydrogen-bond acceptors (Lipinski definition) is 2. The maximum absolute atomic E-state index is 3.60. The Balaban J connectivity index is 1.96. The van der Waals surface area contributed by atoms with Gasteiger partial charge in [-0.25, -0.2) is 0 Å². The van der Waals surface area contributed by atoms with Crippen LogP contribution in [0.25, 0.3) is 0 Å². The summed E-state index contributed by atoms with van der Waals surface area (Å²) in [5.41, 5.74) is 0. The van der Waals surface area contributed by atoms with Crippen molar-refractivity contribution >= 4 is 0 Å². The van der Waals surface area contributed by atoms with E-state index >= 15 is 0 Å². The van der Waals surface area contributed by atoms with E-state index in [4.69, 9.17) is 0 Å². The van der Waals surface area contributed by atoms with Crippen molar-refractivity contribution < 1.29 is 0 Å². The van der Waals surface area contributed by atoms with Crippen LogP contribution in [0.1, 0.15) is 65.2 Å². The van der Waals surface area contributed by atoms with Crippen molar-refractivity contribution in [1.82, 2.24) is 10.2 Å². The van der Waals surface area contributed by atoms with Crippen molar-refractivity contribution in [2.24, 2.45) is 5.92 Å². The second kappa shape index (κ2) is 9.80. The van der Waals surface area contributed by atoms with Crippen molar-refractivity contribution in [3.8, 4) is 0 Å². The Morgan fingerprint density at radius 3 is 2.61 bits per heavy atom. The lowest BCUT2D eigenvalue weighted by Gasteiger charge is -2.31. The minimum atomic E-state index is 0.839. The SMILES string of the molecule is CCCC(C)CNCCCN(C)C1CCCCC1. The van der Waals surface area contributed by atoms with Gasteiger partial charge in [0.25, 0.3) is 0 Å². The lowest BCUT2D eigenvalue weighted by molar-refractivity contribution is 0.189. The highest BCUT2D eigenvalue weighted by molar-refractivity contribution is 4.73. The van der Waals surface area contributed by atoms with Crippen LogP contribution in [0.15, 0.2) is 0 Å². The summed E-state index contributed by atoms with van der Waals surface area (Å²) in [5.74, 6) is 0.839. The highest BCUT2D eigenvalue weighted by atomic mass is 15.1. The average molecular weight is 254 g/mol.